The van der Waals surface area contributed by atoms with E-state index in [0.717, 1.165) is 48.7 Å². The van der Waals surface area contributed by atoms with Gasteiger partial charge in [0.05, 0.1) is 26.0 Å². The monoisotopic (exact) mass is 462 g/mol. The van der Waals surface area contributed by atoms with Crippen molar-refractivity contribution in [3.05, 3.63) is 30.2 Å². The molecule has 1 amide bonds. The van der Waals surface area contributed by atoms with Crippen LogP contribution in [0.4, 0.5) is 10.1 Å². The quantitative estimate of drug-likeness (QED) is 0.294. The smallest absolute Gasteiger partial charge is 0.216 e. The molecule has 1 fully saturated rings. The zero-order valence-corrected chi connectivity index (χ0v) is 19.8. The predicted molar refractivity (Wildman–Crippen MR) is 132 cm³/mol. The van der Waals surface area contributed by atoms with Crippen molar-refractivity contribution in [3.63, 3.8) is 0 Å². The molecule has 0 bridgehead atoms. The van der Waals surface area contributed by atoms with Gasteiger partial charge in [0, 0.05) is 38.8 Å². The lowest BCUT2D eigenvalue weighted by molar-refractivity contribution is -0.118. The number of amides is 1. The van der Waals surface area contributed by atoms with Gasteiger partial charge in [-0.2, -0.15) is 0 Å². The summed E-state index contributed by atoms with van der Waals surface area (Å²) in [4.78, 5) is 24.0. The molecule has 2 aliphatic heterocycles. The number of ether oxygens (including phenoxy) is 1. The number of morpholine rings is 1. The molecule has 0 spiro atoms. The van der Waals surface area contributed by atoms with Crippen LogP contribution in [-0.4, -0.2) is 68.5 Å². The van der Waals surface area contributed by atoms with Crippen LogP contribution in [0.2, 0.25) is 0 Å². The van der Waals surface area contributed by atoms with E-state index in [4.69, 9.17) is 4.74 Å². The summed E-state index contributed by atoms with van der Waals surface area (Å²) in [6.07, 6.45) is 10.5. The second kappa shape index (κ2) is 15.1. The van der Waals surface area contributed by atoms with Crippen molar-refractivity contribution in [1.82, 2.24) is 26.3 Å². The second-order valence-electron chi connectivity index (χ2n) is 6.96. The molecular weight excluding hydrogens is 428 g/mol. The van der Waals surface area contributed by atoms with Crippen LogP contribution in [0.25, 0.3) is 0 Å². The van der Waals surface area contributed by atoms with Gasteiger partial charge in [-0.05, 0) is 25.5 Å². The first-order valence-corrected chi connectivity index (χ1v) is 11.6. The molecule has 1 unspecified atom stereocenters. The Kier molecular flexibility index (Phi) is 12.0. The molecule has 10 nitrogen and oxygen atoms in total. The van der Waals surface area contributed by atoms with Gasteiger partial charge in [0.2, 0.25) is 5.91 Å². The Morgan fingerprint density at radius 2 is 2.22 bits per heavy atom. The van der Waals surface area contributed by atoms with E-state index in [9.17, 15) is 4.79 Å². The third kappa shape index (κ3) is 11.0. The van der Waals surface area contributed by atoms with Crippen LogP contribution in [-0.2, 0) is 9.53 Å². The van der Waals surface area contributed by atoms with E-state index in [1.807, 2.05) is 25.2 Å². The van der Waals surface area contributed by atoms with Crippen LogP contribution in [0.5, 0.6) is 0 Å². The number of rotatable bonds is 8. The number of carbonyl (C=O) groups is 1. The Hall–Kier alpha value is -2.76. The van der Waals surface area contributed by atoms with Crippen LogP contribution < -0.4 is 26.6 Å². The van der Waals surface area contributed by atoms with Gasteiger partial charge in [-0.15, -0.1) is 0 Å². The summed E-state index contributed by atoms with van der Waals surface area (Å²) in [7, 11) is 0. The highest BCUT2D eigenvalue weighted by Crippen LogP contribution is 2.26. The van der Waals surface area contributed by atoms with Crippen LogP contribution in [0.1, 0.15) is 27.2 Å². The first kappa shape index (κ1) is 25.5. The molecule has 1 aromatic rings. The first-order valence-electron chi connectivity index (χ1n) is 10.8. The van der Waals surface area contributed by atoms with Gasteiger partial charge < -0.3 is 31.3 Å². The van der Waals surface area contributed by atoms with Gasteiger partial charge >= 0.3 is 0 Å². The second-order valence-corrected chi connectivity index (χ2v) is 7.97. The average Bonchev–Trinajstić information content (AvgIpc) is 3.22. The number of hydrogen-bond donors (Lipinski definition) is 5. The SMILES string of the molecule is C1COCCN1.CC/C=C\C=N/c1cnc(NC2=CC(C)NC(=NCCNC(C)=O)N2)s1. The van der Waals surface area contributed by atoms with E-state index in [-0.39, 0.29) is 11.9 Å². The fourth-order valence-electron chi connectivity index (χ4n) is 2.60. The summed E-state index contributed by atoms with van der Waals surface area (Å²) >= 11 is 1.47. The Balaban J connectivity index is 0.000000520. The maximum atomic E-state index is 10.9. The highest BCUT2D eigenvalue weighted by molar-refractivity contribution is 7.19. The number of aliphatic imine (C=N–C) groups is 2. The van der Waals surface area contributed by atoms with E-state index >= 15 is 0 Å². The van der Waals surface area contributed by atoms with Gasteiger partial charge in [-0.3, -0.25) is 9.79 Å². The number of anilines is 1. The molecule has 3 heterocycles. The third-order valence-corrected chi connectivity index (χ3v) is 4.85. The molecule has 0 aromatic carbocycles. The highest BCUT2D eigenvalue weighted by Gasteiger charge is 2.14. The van der Waals surface area contributed by atoms with Crippen molar-refractivity contribution < 1.29 is 9.53 Å². The molecule has 0 radical (unpaired) electrons. The number of nitrogens with one attached hydrogen (secondary N) is 5. The van der Waals surface area contributed by atoms with Crippen molar-refractivity contribution >= 4 is 39.6 Å². The van der Waals surface area contributed by atoms with E-state index in [1.165, 1.54) is 18.3 Å². The van der Waals surface area contributed by atoms with Crippen LogP contribution in [0.3, 0.4) is 0 Å². The minimum absolute atomic E-state index is 0.0576. The van der Waals surface area contributed by atoms with Gasteiger partial charge in [0.25, 0.3) is 0 Å². The molecule has 1 atom stereocenters. The minimum atomic E-state index is -0.0576. The largest absolute Gasteiger partial charge is 0.379 e. The van der Waals surface area contributed by atoms with Gasteiger partial charge in [-0.25, -0.2) is 9.98 Å². The molecule has 1 aromatic heterocycles. The fourth-order valence-corrected chi connectivity index (χ4v) is 3.28. The number of allylic oxidation sites excluding steroid dienone is 2. The lowest BCUT2D eigenvalue weighted by Gasteiger charge is -2.24. The lowest BCUT2D eigenvalue weighted by atomic mass is 10.3. The molecule has 2 aliphatic rings. The first-order chi connectivity index (χ1) is 15.6. The minimum Gasteiger partial charge on any atom is -0.379 e. The molecule has 0 aliphatic carbocycles. The number of hydrogen-bond acceptors (Lipinski definition) is 8. The summed E-state index contributed by atoms with van der Waals surface area (Å²) in [5.41, 5.74) is 0. The Morgan fingerprint density at radius 1 is 1.41 bits per heavy atom. The molecule has 32 heavy (non-hydrogen) atoms. The topological polar surface area (TPSA) is 124 Å². The van der Waals surface area contributed by atoms with Crippen molar-refractivity contribution in [2.45, 2.75) is 33.2 Å². The summed E-state index contributed by atoms with van der Waals surface area (Å²) < 4.78 is 5.01. The van der Waals surface area contributed by atoms with Crippen LogP contribution in [0.15, 0.2) is 40.2 Å². The standard InChI is InChI=1S/C17H25N7OS.C4H9NO/c1-4-5-6-7-19-15-11-21-17(26-15)24-14-10-12(2)22-16(23-14)20-9-8-18-13(3)25;1-3-6-4-2-5-1/h5-7,10-12H,4,8-9H2,1-3H3,(H,18,25)(H,21,24)(H2,20,22,23);5H,1-4H2/b6-5-,19-7-;. The fraction of sp³-hybridized carbons (Fsp3) is 0.524. The Bertz CT molecular complexity index is 803. The lowest BCUT2D eigenvalue weighted by Crippen LogP contribution is -2.47. The van der Waals surface area contributed by atoms with Crippen molar-refractivity contribution in [3.8, 4) is 0 Å². The van der Waals surface area contributed by atoms with Crippen molar-refractivity contribution in [2.24, 2.45) is 9.98 Å². The van der Waals surface area contributed by atoms with E-state index in [0.29, 0.717) is 19.0 Å². The predicted octanol–water partition coefficient (Wildman–Crippen LogP) is 1.74. The molecular formula is C21H34N8O2S. The van der Waals surface area contributed by atoms with Crippen LogP contribution >= 0.6 is 11.3 Å². The summed E-state index contributed by atoms with van der Waals surface area (Å²) in [6.45, 7) is 10.4. The van der Waals surface area contributed by atoms with Gasteiger partial charge in [0.15, 0.2) is 11.1 Å². The molecule has 0 saturated carbocycles. The van der Waals surface area contributed by atoms with Gasteiger partial charge in [-0.1, -0.05) is 24.3 Å². The average molecular weight is 463 g/mol. The molecule has 1 saturated heterocycles. The van der Waals surface area contributed by atoms with Gasteiger partial charge in [0.1, 0.15) is 10.8 Å². The normalized spacial score (nSPS) is 19.7. The molecule has 5 N–H and O–H groups in total. The van der Waals surface area contributed by atoms with Crippen molar-refractivity contribution in [2.75, 3.05) is 44.7 Å². The number of guanidine groups is 1. The zero-order valence-electron chi connectivity index (χ0n) is 19.0. The Labute approximate surface area is 193 Å². The Morgan fingerprint density at radius 3 is 2.88 bits per heavy atom. The number of thiazole rings is 1. The van der Waals surface area contributed by atoms with E-state index in [1.54, 1.807) is 12.4 Å². The van der Waals surface area contributed by atoms with E-state index in [2.05, 4.69) is 48.5 Å². The summed E-state index contributed by atoms with van der Waals surface area (Å²) in [5.74, 6) is 1.41. The summed E-state index contributed by atoms with van der Waals surface area (Å²) in [5, 5.41) is 17.1. The zero-order chi connectivity index (χ0) is 23.0. The summed E-state index contributed by atoms with van der Waals surface area (Å²) in [6, 6.07) is 0.120. The third-order valence-electron chi connectivity index (χ3n) is 4.03. The molecule has 11 heteroatoms. The molecule has 176 valence electrons. The highest BCUT2D eigenvalue weighted by atomic mass is 32.1. The number of carbonyl (C=O) groups excluding carboxylic acids is 1. The van der Waals surface area contributed by atoms with E-state index < -0.39 is 0 Å². The molecule has 3 rings (SSSR count). The number of nitrogens with zero attached hydrogens (tertiary/aromatic N) is 3. The maximum absolute atomic E-state index is 10.9. The maximum Gasteiger partial charge on any atom is 0.216 e. The number of aromatic nitrogens is 1. The van der Waals surface area contributed by atoms with Crippen molar-refractivity contribution in [1.29, 1.82) is 0 Å². The van der Waals surface area contributed by atoms with Crippen LogP contribution in [0, 0.1) is 0 Å².